The Morgan fingerprint density at radius 3 is 2.81 bits per heavy atom. The van der Waals surface area contributed by atoms with Crippen molar-refractivity contribution < 1.29 is 19.7 Å². The van der Waals surface area contributed by atoms with Crippen LogP contribution in [0.25, 0.3) is 0 Å². The van der Waals surface area contributed by atoms with E-state index in [9.17, 15) is 4.79 Å². The van der Waals surface area contributed by atoms with Crippen molar-refractivity contribution in [1.82, 2.24) is 0 Å². The van der Waals surface area contributed by atoms with E-state index < -0.39 is 5.97 Å². The molecular formula is C11H13BrO4. The highest BCUT2D eigenvalue weighted by Gasteiger charge is 2.12. The van der Waals surface area contributed by atoms with E-state index in [-0.39, 0.29) is 18.1 Å². The Morgan fingerprint density at radius 2 is 2.25 bits per heavy atom. The average molecular weight is 289 g/mol. The SMILES string of the molecule is CC(CO)COc1ccc(Br)cc1C(=O)O. The van der Waals surface area contributed by atoms with E-state index >= 15 is 0 Å². The number of aliphatic hydroxyl groups is 1. The summed E-state index contributed by atoms with van der Waals surface area (Å²) in [5.74, 6) is -0.741. The molecule has 0 aliphatic rings. The van der Waals surface area contributed by atoms with Crippen LogP contribution in [0.15, 0.2) is 22.7 Å². The monoisotopic (exact) mass is 288 g/mol. The van der Waals surface area contributed by atoms with Gasteiger partial charge in [-0.2, -0.15) is 0 Å². The summed E-state index contributed by atoms with van der Waals surface area (Å²) in [5, 5.41) is 17.8. The predicted octanol–water partition coefficient (Wildman–Crippen LogP) is 2.15. The smallest absolute Gasteiger partial charge is 0.339 e. The molecule has 0 spiro atoms. The van der Waals surface area contributed by atoms with E-state index in [1.807, 2.05) is 6.92 Å². The number of halogens is 1. The maximum atomic E-state index is 10.9. The van der Waals surface area contributed by atoms with E-state index in [0.717, 1.165) is 0 Å². The molecule has 1 rings (SSSR count). The van der Waals surface area contributed by atoms with Gasteiger partial charge < -0.3 is 14.9 Å². The van der Waals surface area contributed by atoms with E-state index in [4.69, 9.17) is 14.9 Å². The number of hydrogen-bond acceptors (Lipinski definition) is 3. The first-order valence-electron chi connectivity index (χ1n) is 4.81. The molecule has 2 N–H and O–H groups in total. The molecule has 0 saturated carbocycles. The van der Waals surface area contributed by atoms with Gasteiger partial charge in [-0.15, -0.1) is 0 Å². The standard InChI is InChI=1S/C11H13BrO4/c1-7(5-13)6-16-10-3-2-8(12)4-9(10)11(14)15/h2-4,7,13H,5-6H2,1H3,(H,14,15). The van der Waals surface area contributed by atoms with Gasteiger partial charge in [-0.3, -0.25) is 0 Å². The summed E-state index contributed by atoms with van der Waals surface area (Å²) >= 11 is 3.20. The highest BCUT2D eigenvalue weighted by atomic mass is 79.9. The number of carboxylic acids is 1. The summed E-state index contributed by atoms with van der Waals surface area (Å²) in [4.78, 5) is 10.9. The van der Waals surface area contributed by atoms with E-state index in [1.165, 1.54) is 6.07 Å². The van der Waals surface area contributed by atoms with Gasteiger partial charge in [0.15, 0.2) is 0 Å². The molecule has 0 saturated heterocycles. The van der Waals surface area contributed by atoms with Crippen molar-refractivity contribution in [1.29, 1.82) is 0 Å². The summed E-state index contributed by atoms with van der Waals surface area (Å²) < 4.78 is 6.03. The molecule has 88 valence electrons. The van der Waals surface area contributed by atoms with E-state index in [0.29, 0.717) is 16.8 Å². The lowest BCUT2D eigenvalue weighted by atomic mass is 10.2. The second kappa shape index (κ2) is 5.86. The Labute approximate surface area is 102 Å². The van der Waals surface area contributed by atoms with Crippen LogP contribution in [-0.4, -0.2) is 29.4 Å². The molecule has 0 aromatic heterocycles. The van der Waals surface area contributed by atoms with Gasteiger partial charge in [-0.25, -0.2) is 4.79 Å². The molecule has 0 aliphatic heterocycles. The number of aliphatic hydroxyl groups excluding tert-OH is 1. The number of hydrogen-bond donors (Lipinski definition) is 2. The zero-order valence-electron chi connectivity index (χ0n) is 8.81. The first-order chi connectivity index (χ1) is 7.54. The average Bonchev–Trinajstić information content (AvgIpc) is 2.26. The lowest BCUT2D eigenvalue weighted by Crippen LogP contribution is -2.13. The lowest BCUT2D eigenvalue weighted by Gasteiger charge is -2.12. The van der Waals surface area contributed by atoms with Gasteiger partial charge in [0.1, 0.15) is 11.3 Å². The van der Waals surface area contributed by atoms with Gasteiger partial charge in [0, 0.05) is 17.0 Å². The molecule has 1 aromatic rings. The van der Waals surface area contributed by atoms with Gasteiger partial charge in [-0.1, -0.05) is 22.9 Å². The van der Waals surface area contributed by atoms with Crippen LogP contribution in [0.4, 0.5) is 0 Å². The number of carbonyl (C=O) groups is 1. The van der Waals surface area contributed by atoms with Crippen molar-refractivity contribution in [3.8, 4) is 5.75 Å². The third-order valence-electron chi connectivity index (χ3n) is 2.01. The topological polar surface area (TPSA) is 66.8 Å². The second-order valence-electron chi connectivity index (χ2n) is 3.54. The van der Waals surface area contributed by atoms with Crippen molar-refractivity contribution >= 4 is 21.9 Å². The van der Waals surface area contributed by atoms with Gasteiger partial charge in [0.2, 0.25) is 0 Å². The quantitative estimate of drug-likeness (QED) is 0.871. The first-order valence-corrected chi connectivity index (χ1v) is 5.60. The van der Waals surface area contributed by atoms with Crippen molar-refractivity contribution in [3.63, 3.8) is 0 Å². The van der Waals surface area contributed by atoms with Crippen LogP contribution in [0, 0.1) is 5.92 Å². The number of carboxylic acid groups (broad SMARTS) is 1. The third-order valence-corrected chi connectivity index (χ3v) is 2.50. The Kier molecular flexibility index (Phi) is 4.76. The van der Waals surface area contributed by atoms with Crippen LogP contribution in [0.3, 0.4) is 0 Å². The Hall–Kier alpha value is -1.07. The summed E-state index contributed by atoms with van der Waals surface area (Å²) in [5.41, 5.74) is 0.111. The summed E-state index contributed by atoms with van der Waals surface area (Å²) in [6, 6.07) is 4.80. The highest BCUT2D eigenvalue weighted by molar-refractivity contribution is 9.10. The van der Waals surface area contributed by atoms with Crippen molar-refractivity contribution in [2.45, 2.75) is 6.92 Å². The molecule has 0 fully saturated rings. The number of aromatic carboxylic acids is 1. The molecule has 0 amide bonds. The Bertz CT molecular complexity index is 378. The van der Waals surface area contributed by atoms with Gasteiger partial charge in [0.05, 0.1) is 6.61 Å². The summed E-state index contributed by atoms with van der Waals surface area (Å²) in [6.45, 7) is 2.12. The molecule has 0 bridgehead atoms. The normalized spacial score (nSPS) is 12.2. The summed E-state index contributed by atoms with van der Waals surface area (Å²) in [7, 11) is 0. The van der Waals surface area contributed by atoms with E-state index in [2.05, 4.69) is 15.9 Å². The lowest BCUT2D eigenvalue weighted by molar-refractivity contribution is 0.0690. The molecular weight excluding hydrogens is 276 g/mol. The molecule has 4 nitrogen and oxygen atoms in total. The van der Waals surface area contributed by atoms with Crippen LogP contribution in [0.5, 0.6) is 5.75 Å². The molecule has 0 heterocycles. The Morgan fingerprint density at radius 1 is 1.56 bits per heavy atom. The number of ether oxygens (including phenoxy) is 1. The minimum absolute atomic E-state index is 0.0128. The van der Waals surface area contributed by atoms with Crippen LogP contribution in [0.1, 0.15) is 17.3 Å². The maximum absolute atomic E-state index is 10.9. The summed E-state index contributed by atoms with van der Waals surface area (Å²) in [6.07, 6.45) is 0. The molecule has 0 radical (unpaired) electrons. The fourth-order valence-corrected chi connectivity index (χ4v) is 1.44. The zero-order valence-corrected chi connectivity index (χ0v) is 10.4. The molecule has 0 aliphatic carbocycles. The first kappa shape index (κ1) is 13.0. The number of rotatable bonds is 5. The minimum atomic E-state index is -1.03. The maximum Gasteiger partial charge on any atom is 0.339 e. The molecule has 1 aromatic carbocycles. The van der Waals surface area contributed by atoms with Crippen molar-refractivity contribution in [2.24, 2.45) is 5.92 Å². The molecule has 1 unspecified atom stereocenters. The fraction of sp³-hybridized carbons (Fsp3) is 0.364. The van der Waals surface area contributed by atoms with Crippen molar-refractivity contribution in [3.05, 3.63) is 28.2 Å². The largest absolute Gasteiger partial charge is 0.492 e. The van der Waals surface area contributed by atoms with Crippen LogP contribution < -0.4 is 4.74 Å². The van der Waals surface area contributed by atoms with Crippen molar-refractivity contribution in [2.75, 3.05) is 13.2 Å². The number of benzene rings is 1. The third kappa shape index (κ3) is 3.50. The van der Waals surface area contributed by atoms with Crippen LogP contribution in [-0.2, 0) is 0 Å². The van der Waals surface area contributed by atoms with Gasteiger partial charge in [0.25, 0.3) is 0 Å². The second-order valence-corrected chi connectivity index (χ2v) is 4.46. The fourth-order valence-electron chi connectivity index (χ4n) is 1.08. The zero-order chi connectivity index (χ0) is 12.1. The van der Waals surface area contributed by atoms with Gasteiger partial charge in [-0.05, 0) is 18.2 Å². The van der Waals surface area contributed by atoms with Crippen LogP contribution >= 0.6 is 15.9 Å². The molecule has 5 heteroatoms. The predicted molar refractivity (Wildman–Crippen MR) is 62.8 cm³/mol. The minimum Gasteiger partial charge on any atom is -0.492 e. The highest BCUT2D eigenvalue weighted by Crippen LogP contribution is 2.23. The van der Waals surface area contributed by atoms with Crippen LogP contribution in [0.2, 0.25) is 0 Å². The Balaban J connectivity index is 2.82. The molecule has 16 heavy (non-hydrogen) atoms. The van der Waals surface area contributed by atoms with Gasteiger partial charge >= 0.3 is 5.97 Å². The molecule has 1 atom stereocenters. The van der Waals surface area contributed by atoms with E-state index in [1.54, 1.807) is 12.1 Å².